The fourth-order valence-corrected chi connectivity index (χ4v) is 1.53. The second-order valence-corrected chi connectivity index (χ2v) is 4.06. The van der Waals surface area contributed by atoms with Gasteiger partial charge in [-0.2, -0.15) is 5.26 Å². The fraction of sp³-hybridized carbons (Fsp3) is 0.133. The molecule has 2 aromatic rings. The second-order valence-electron chi connectivity index (χ2n) is 4.06. The molecule has 20 heavy (non-hydrogen) atoms. The topological polar surface area (TPSA) is 75.0 Å². The number of nitrogens with zero attached hydrogens (tertiary/aromatic N) is 2. The summed E-state index contributed by atoms with van der Waals surface area (Å²) in [7, 11) is 0. The van der Waals surface area contributed by atoms with Gasteiger partial charge in [-0.1, -0.05) is 6.07 Å². The number of rotatable bonds is 5. The van der Waals surface area contributed by atoms with Gasteiger partial charge in [0.05, 0.1) is 11.6 Å². The minimum absolute atomic E-state index is 0.0633. The predicted octanol–water partition coefficient (Wildman–Crippen LogP) is 1.65. The quantitative estimate of drug-likeness (QED) is 0.893. The molecular weight excluding hydrogens is 254 g/mol. The third-order valence-electron chi connectivity index (χ3n) is 2.57. The van der Waals surface area contributed by atoms with Crippen molar-refractivity contribution in [3.05, 3.63) is 59.9 Å². The van der Waals surface area contributed by atoms with Gasteiger partial charge in [-0.3, -0.25) is 9.78 Å². The molecule has 0 aliphatic rings. The van der Waals surface area contributed by atoms with E-state index >= 15 is 0 Å². The second kappa shape index (κ2) is 6.90. The molecule has 0 aliphatic heterocycles. The summed E-state index contributed by atoms with van der Waals surface area (Å²) in [5.74, 6) is 0.346. The van der Waals surface area contributed by atoms with Crippen molar-refractivity contribution in [1.82, 2.24) is 10.3 Å². The lowest BCUT2D eigenvalue weighted by Gasteiger charge is -2.07. The van der Waals surface area contributed by atoms with Crippen LogP contribution in [0, 0.1) is 11.3 Å². The maximum atomic E-state index is 11.6. The first-order chi connectivity index (χ1) is 9.78. The number of ether oxygens (including phenoxy) is 1. The predicted molar refractivity (Wildman–Crippen MR) is 72.7 cm³/mol. The van der Waals surface area contributed by atoms with Crippen LogP contribution in [-0.4, -0.2) is 17.5 Å². The number of nitriles is 1. The molecule has 0 saturated heterocycles. The Morgan fingerprint density at radius 2 is 2.10 bits per heavy atom. The first-order valence-corrected chi connectivity index (χ1v) is 6.06. The number of benzene rings is 1. The average Bonchev–Trinajstić information content (AvgIpc) is 2.52. The van der Waals surface area contributed by atoms with Crippen molar-refractivity contribution in [3.8, 4) is 11.8 Å². The van der Waals surface area contributed by atoms with Gasteiger partial charge in [0.25, 0.3) is 5.91 Å². The number of carbonyl (C=O) groups is 1. The molecule has 1 amide bonds. The monoisotopic (exact) mass is 267 g/mol. The molecule has 5 heteroatoms. The van der Waals surface area contributed by atoms with E-state index in [2.05, 4.69) is 10.3 Å². The highest BCUT2D eigenvalue weighted by Gasteiger charge is 2.03. The molecule has 1 heterocycles. The number of nitrogens with one attached hydrogen (secondary N) is 1. The molecule has 0 unspecified atom stereocenters. The Morgan fingerprint density at radius 1 is 1.30 bits per heavy atom. The molecule has 0 aliphatic carbocycles. The van der Waals surface area contributed by atoms with Crippen LogP contribution in [0.5, 0.6) is 5.75 Å². The molecule has 1 N–H and O–H groups in total. The van der Waals surface area contributed by atoms with Crippen molar-refractivity contribution in [1.29, 1.82) is 5.26 Å². The van der Waals surface area contributed by atoms with Crippen molar-refractivity contribution in [2.45, 2.75) is 6.54 Å². The fourth-order valence-electron chi connectivity index (χ4n) is 1.53. The van der Waals surface area contributed by atoms with Crippen molar-refractivity contribution in [2.75, 3.05) is 6.61 Å². The van der Waals surface area contributed by atoms with E-state index in [1.807, 2.05) is 18.2 Å². The Bertz CT molecular complexity index is 603. The molecule has 0 spiro atoms. The van der Waals surface area contributed by atoms with Crippen molar-refractivity contribution in [2.24, 2.45) is 0 Å². The van der Waals surface area contributed by atoms with Crippen molar-refractivity contribution >= 4 is 5.91 Å². The molecule has 0 radical (unpaired) electrons. The highest BCUT2D eigenvalue weighted by molar-refractivity contribution is 5.77. The van der Waals surface area contributed by atoms with E-state index in [0.29, 0.717) is 17.9 Å². The number of carbonyl (C=O) groups excluding carboxylic acids is 1. The van der Waals surface area contributed by atoms with Crippen LogP contribution in [-0.2, 0) is 11.3 Å². The lowest BCUT2D eigenvalue weighted by molar-refractivity contribution is -0.123. The van der Waals surface area contributed by atoms with Crippen LogP contribution >= 0.6 is 0 Å². The van der Waals surface area contributed by atoms with Gasteiger partial charge in [0.2, 0.25) is 0 Å². The summed E-state index contributed by atoms with van der Waals surface area (Å²) in [6.07, 6.45) is 3.38. The minimum Gasteiger partial charge on any atom is -0.484 e. The number of hydrogen-bond acceptors (Lipinski definition) is 4. The SMILES string of the molecule is N#Cc1ccc(OCC(=O)NCc2cccnc2)cc1. The summed E-state index contributed by atoms with van der Waals surface area (Å²) >= 11 is 0. The van der Waals surface area contributed by atoms with E-state index < -0.39 is 0 Å². The summed E-state index contributed by atoms with van der Waals surface area (Å²) in [6.45, 7) is 0.357. The van der Waals surface area contributed by atoms with Gasteiger partial charge in [-0.15, -0.1) is 0 Å². The van der Waals surface area contributed by atoms with E-state index in [0.717, 1.165) is 5.56 Å². The highest BCUT2D eigenvalue weighted by Crippen LogP contribution is 2.11. The van der Waals surface area contributed by atoms with Crippen molar-refractivity contribution in [3.63, 3.8) is 0 Å². The van der Waals surface area contributed by atoms with Crippen LogP contribution < -0.4 is 10.1 Å². The van der Waals surface area contributed by atoms with Gasteiger partial charge >= 0.3 is 0 Å². The minimum atomic E-state index is -0.210. The van der Waals surface area contributed by atoms with Crippen LogP contribution in [0.2, 0.25) is 0 Å². The Labute approximate surface area is 116 Å². The summed E-state index contributed by atoms with van der Waals surface area (Å²) < 4.78 is 5.32. The number of hydrogen-bond donors (Lipinski definition) is 1. The van der Waals surface area contributed by atoms with Gasteiger partial charge in [-0.25, -0.2) is 0 Å². The third-order valence-corrected chi connectivity index (χ3v) is 2.57. The molecule has 0 atom stereocenters. The average molecular weight is 267 g/mol. The first-order valence-electron chi connectivity index (χ1n) is 6.06. The maximum absolute atomic E-state index is 11.6. The van der Waals surface area contributed by atoms with E-state index in [9.17, 15) is 4.79 Å². The Kier molecular flexibility index (Phi) is 4.68. The van der Waals surface area contributed by atoms with E-state index in [1.165, 1.54) is 0 Å². The molecule has 2 rings (SSSR count). The zero-order chi connectivity index (χ0) is 14.2. The smallest absolute Gasteiger partial charge is 0.258 e. The maximum Gasteiger partial charge on any atom is 0.258 e. The Morgan fingerprint density at radius 3 is 2.75 bits per heavy atom. The van der Waals surface area contributed by atoms with Gasteiger partial charge in [0.15, 0.2) is 6.61 Å². The number of amides is 1. The van der Waals surface area contributed by atoms with Crippen molar-refractivity contribution < 1.29 is 9.53 Å². The Hall–Kier alpha value is -2.87. The zero-order valence-electron chi connectivity index (χ0n) is 10.7. The van der Waals surface area contributed by atoms with Crippen LogP contribution in [0.15, 0.2) is 48.8 Å². The van der Waals surface area contributed by atoms with Crippen LogP contribution in [0.1, 0.15) is 11.1 Å². The Balaban J connectivity index is 1.76. The summed E-state index contributed by atoms with van der Waals surface area (Å²) in [5.41, 5.74) is 1.48. The summed E-state index contributed by atoms with van der Waals surface area (Å²) in [4.78, 5) is 15.6. The molecule has 0 bridgehead atoms. The molecule has 5 nitrogen and oxygen atoms in total. The standard InChI is InChI=1S/C15H13N3O2/c16-8-12-3-5-14(6-4-12)20-11-15(19)18-10-13-2-1-7-17-9-13/h1-7,9H,10-11H2,(H,18,19). The largest absolute Gasteiger partial charge is 0.484 e. The van der Waals surface area contributed by atoms with E-state index in [1.54, 1.807) is 36.7 Å². The lowest BCUT2D eigenvalue weighted by atomic mass is 10.2. The van der Waals surface area contributed by atoms with E-state index in [4.69, 9.17) is 10.00 Å². The number of aromatic nitrogens is 1. The van der Waals surface area contributed by atoms with Gasteiger partial charge in [0.1, 0.15) is 5.75 Å². The van der Waals surface area contributed by atoms with E-state index in [-0.39, 0.29) is 12.5 Å². The molecule has 0 fully saturated rings. The molecule has 0 saturated carbocycles. The van der Waals surface area contributed by atoms with Gasteiger partial charge in [0, 0.05) is 18.9 Å². The first kappa shape index (κ1) is 13.6. The van der Waals surface area contributed by atoms with Crippen LogP contribution in [0.25, 0.3) is 0 Å². The van der Waals surface area contributed by atoms with Gasteiger partial charge < -0.3 is 10.1 Å². The summed E-state index contributed by atoms with van der Waals surface area (Å²) in [6, 6.07) is 12.3. The third kappa shape index (κ3) is 4.10. The molecule has 1 aromatic carbocycles. The molecule has 1 aromatic heterocycles. The van der Waals surface area contributed by atoms with Gasteiger partial charge in [-0.05, 0) is 35.9 Å². The highest BCUT2D eigenvalue weighted by atomic mass is 16.5. The zero-order valence-corrected chi connectivity index (χ0v) is 10.7. The molecular formula is C15H13N3O2. The lowest BCUT2D eigenvalue weighted by Crippen LogP contribution is -2.28. The van der Waals surface area contributed by atoms with Crippen LogP contribution in [0.3, 0.4) is 0 Å². The summed E-state index contributed by atoms with van der Waals surface area (Å²) in [5, 5.41) is 11.4. The normalized spacial score (nSPS) is 9.55. The van der Waals surface area contributed by atoms with Crippen LogP contribution in [0.4, 0.5) is 0 Å². The molecule has 100 valence electrons. The number of pyridine rings is 1.